The molecule has 0 amide bonds. The zero-order valence-electron chi connectivity index (χ0n) is 26.4. The van der Waals surface area contributed by atoms with E-state index in [1.54, 1.807) is 4.90 Å². The summed E-state index contributed by atoms with van der Waals surface area (Å²) in [7, 11) is 2.51. The second-order valence-electron chi connectivity index (χ2n) is 12.5. The molecule has 0 saturated heterocycles. The van der Waals surface area contributed by atoms with Crippen LogP contribution in [-0.2, 0) is 34.0 Å². The Morgan fingerprint density at radius 1 is 0.800 bits per heavy atom. The Hall–Kier alpha value is -3.91. The number of benzene rings is 3. The van der Waals surface area contributed by atoms with Gasteiger partial charge in [0.15, 0.2) is 6.04 Å². The molecule has 2 unspecified atom stereocenters. The molecule has 8 heteroatoms. The topological polar surface area (TPSA) is 82.1 Å². The predicted molar refractivity (Wildman–Crippen MR) is 177 cm³/mol. The fraction of sp³-hybridized carbons (Fsp3) is 0.378. The summed E-state index contributed by atoms with van der Waals surface area (Å²) in [5.74, 6) is -1.70. The van der Waals surface area contributed by atoms with Crippen molar-refractivity contribution < 1.29 is 28.6 Å². The van der Waals surface area contributed by atoms with E-state index in [1.165, 1.54) is 19.8 Å². The van der Waals surface area contributed by atoms with Crippen molar-refractivity contribution in [2.75, 3.05) is 19.1 Å². The number of nitrogens with zero attached hydrogens (tertiary/aromatic N) is 1. The van der Waals surface area contributed by atoms with Crippen LogP contribution in [0.25, 0.3) is 0 Å². The lowest BCUT2D eigenvalue weighted by atomic mass is 9.64. The van der Waals surface area contributed by atoms with Crippen LogP contribution >= 0.6 is 15.9 Å². The Morgan fingerprint density at radius 2 is 1.38 bits per heavy atom. The maximum absolute atomic E-state index is 14.7. The first kappa shape index (κ1) is 32.5. The summed E-state index contributed by atoms with van der Waals surface area (Å²) in [6.07, 6.45) is 2.21. The molecule has 1 fully saturated rings. The molecule has 2 aliphatic rings. The highest BCUT2D eigenvalue weighted by Gasteiger charge is 2.53. The van der Waals surface area contributed by atoms with E-state index >= 15 is 0 Å². The summed E-state index contributed by atoms with van der Waals surface area (Å²) >= 11 is 3.50. The Bertz CT molecular complexity index is 1550. The minimum atomic E-state index is -1.25. The van der Waals surface area contributed by atoms with Crippen molar-refractivity contribution in [3.8, 4) is 0 Å². The molecule has 3 aromatic carbocycles. The Labute approximate surface area is 273 Å². The highest BCUT2D eigenvalue weighted by Crippen LogP contribution is 2.47. The normalized spacial score (nSPS) is 23.4. The molecule has 0 bridgehead atoms. The molecule has 1 heterocycles. The molecule has 1 saturated carbocycles. The molecule has 0 N–H and O–H groups in total. The van der Waals surface area contributed by atoms with Crippen LogP contribution in [0.3, 0.4) is 0 Å². The predicted octanol–water partition coefficient (Wildman–Crippen LogP) is 7.35. The molecule has 45 heavy (non-hydrogen) atoms. The van der Waals surface area contributed by atoms with Crippen LogP contribution in [0, 0.1) is 11.8 Å². The van der Waals surface area contributed by atoms with E-state index in [0.717, 1.165) is 17.3 Å². The molecular formula is C37H40BrNO6. The van der Waals surface area contributed by atoms with Gasteiger partial charge in [0.25, 0.3) is 0 Å². The van der Waals surface area contributed by atoms with Gasteiger partial charge in [-0.15, -0.1) is 0 Å². The van der Waals surface area contributed by atoms with Crippen molar-refractivity contribution in [3.05, 3.63) is 112 Å². The summed E-state index contributed by atoms with van der Waals surface area (Å²) in [5.41, 5.74) is 2.22. The van der Waals surface area contributed by atoms with Gasteiger partial charge in [-0.25, -0.2) is 14.4 Å². The fourth-order valence-electron chi connectivity index (χ4n) is 7.07. The second-order valence-corrected chi connectivity index (χ2v) is 13.4. The van der Waals surface area contributed by atoms with Gasteiger partial charge in [-0.1, -0.05) is 104 Å². The van der Waals surface area contributed by atoms with Crippen LogP contribution in [0.5, 0.6) is 0 Å². The molecule has 236 valence electrons. The van der Waals surface area contributed by atoms with E-state index in [0.29, 0.717) is 23.6 Å². The Balaban J connectivity index is 1.64. The van der Waals surface area contributed by atoms with E-state index in [4.69, 9.17) is 14.2 Å². The highest BCUT2D eigenvalue weighted by molar-refractivity contribution is 9.10. The fourth-order valence-corrected chi connectivity index (χ4v) is 7.33. The van der Waals surface area contributed by atoms with Gasteiger partial charge in [0.2, 0.25) is 0 Å². The van der Waals surface area contributed by atoms with Crippen LogP contribution < -0.4 is 4.90 Å². The lowest BCUT2D eigenvalue weighted by Crippen LogP contribution is -2.48. The summed E-state index contributed by atoms with van der Waals surface area (Å²) in [4.78, 5) is 43.6. The zero-order valence-corrected chi connectivity index (χ0v) is 28.0. The molecule has 5 rings (SSSR count). The van der Waals surface area contributed by atoms with E-state index in [9.17, 15) is 14.4 Å². The minimum absolute atomic E-state index is 0.0399. The highest BCUT2D eigenvalue weighted by atomic mass is 79.9. The van der Waals surface area contributed by atoms with Gasteiger partial charge in [-0.2, -0.15) is 0 Å². The first-order valence-electron chi connectivity index (χ1n) is 15.3. The van der Waals surface area contributed by atoms with E-state index < -0.39 is 36.1 Å². The van der Waals surface area contributed by atoms with Crippen LogP contribution in [0.15, 0.2) is 101 Å². The van der Waals surface area contributed by atoms with Crippen molar-refractivity contribution in [1.82, 2.24) is 0 Å². The van der Waals surface area contributed by atoms with Gasteiger partial charge in [0.1, 0.15) is 6.10 Å². The number of carbonyl (C=O) groups excluding carboxylic acids is 3. The van der Waals surface area contributed by atoms with Crippen molar-refractivity contribution in [3.63, 3.8) is 0 Å². The van der Waals surface area contributed by atoms with Gasteiger partial charge in [0, 0.05) is 16.1 Å². The largest absolute Gasteiger partial charge is 0.466 e. The third-order valence-corrected chi connectivity index (χ3v) is 9.96. The maximum Gasteiger partial charge on any atom is 0.337 e. The number of methoxy groups -OCH3 is 2. The molecule has 3 aromatic rings. The summed E-state index contributed by atoms with van der Waals surface area (Å²) in [5, 5.41) is 0. The average Bonchev–Trinajstić information content (AvgIpc) is 3.41. The second kappa shape index (κ2) is 13.6. The lowest BCUT2D eigenvalue weighted by Gasteiger charge is -2.44. The number of hydrogen-bond acceptors (Lipinski definition) is 7. The number of rotatable bonds is 8. The number of esters is 3. The molecule has 1 aliphatic carbocycles. The molecule has 5 atom stereocenters. The molecular weight excluding hydrogens is 634 g/mol. The number of ether oxygens (including phenoxy) is 3. The van der Waals surface area contributed by atoms with Gasteiger partial charge in [0.05, 0.1) is 31.4 Å². The van der Waals surface area contributed by atoms with Gasteiger partial charge in [-0.3, -0.25) is 0 Å². The van der Waals surface area contributed by atoms with Crippen LogP contribution in [0.4, 0.5) is 5.69 Å². The number of halogens is 1. The molecule has 0 spiro atoms. The number of anilines is 1. The molecule has 0 radical (unpaired) electrons. The van der Waals surface area contributed by atoms with Crippen molar-refractivity contribution in [2.24, 2.45) is 11.8 Å². The van der Waals surface area contributed by atoms with Crippen molar-refractivity contribution in [2.45, 2.75) is 63.6 Å². The van der Waals surface area contributed by atoms with Crippen molar-refractivity contribution >= 4 is 39.5 Å². The SMILES string of the molecule is COC(=O)C1=C(C(=O)OC)C(c2ccccc2)N(c2ccc(Br)cc2)C1C(=O)O[C@@H]1C[C@H](C)CC[C@H]1C(C)(C)c1ccccc1. The first-order valence-corrected chi connectivity index (χ1v) is 16.1. The van der Waals surface area contributed by atoms with Crippen LogP contribution in [-0.4, -0.2) is 44.3 Å². The minimum Gasteiger partial charge on any atom is -0.466 e. The van der Waals surface area contributed by atoms with Crippen LogP contribution in [0.2, 0.25) is 0 Å². The van der Waals surface area contributed by atoms with E-state index in [2.05, 4.69) is 48.8 Å². The maximum atomic E-state index is 14.7. The molecule has 7 nitrogen and oxygen atoms in total. The van der Waals surface area contributed by atoms with E-state index in [1.807, 2.05) is 72.8 Å². The van der Waals surface area contributed by atoms with Gasteiger partial charge in [-0.05, 0) is 59.6 Å². The number of carbonyl (C=O) groups is 3. The van der Waals surface area contributed by atoms with Gasteiger partial charge < -0.3 is 19.1 Å². The Morgan fingerprint density at radius 3 is 1.98 bits per heavy atom. The monoisotopic (exact) mass is 673 g/mol. The van der Waals surface area contributed by atoms with Gasteiger partial charge >= 0.3 is 17.9 Å². The standard InChI is InChI=1S/C37H40BrNO6/c1-23-16-21-28(37(2,3)25-14-10-7-11-15-25)29(22-23)45-36(42)33-31(35(41)44-5)30(34(40)43-4)32(24-12-8-6-9-13-24)39(33)27-19-17-26(38)18-20-27/h6-15,17-20,23,28-29,32-33H,16,21-22H2,1-5H3/t23-,28-,29-,32?,33?/m1/s1. The van der Waals surface area contributed by atoms with Crippen molar-refractivity contribution in [1.29, 1.82) is 0 Å². The third kappa shape index (κ3) is 6.43. The summed E-state index contributed by atoms with van der Waals surface area (Å²) in [6, 6.07) is 24.9. The van der Waals surface area contributed by atoms with E-state index in [-0.39, 0.29) is 22.5 Å². The smallest absolute Gasteiger partial charge is 0.337 e. The quantitative estimate of drug-likeness (QED) is 0.183. The average molecular weight is 675 g/mol. The van der Waals surface area contributed by atoms with Crippen LogP contribution in [0.1, 0.15) is 57.2 Å². The Kier molecular flexibility index (Phi) is 9.82. The first-order chi connectivity index (χ1) is 21.6. The zero-order chi connectivity index (χ0) is 32.3. The summed E-state index contributed by atoms with van der Waals surface area (Å²) in [6.45, 7) is 6.58. The lowest BCUT2D eigenvalue weighted by molar-refractivity contribution is -0.158. The molecule has 1 aliphatic heterocycles. The summed E-state index contributed by atoms with van der Waals surface area (Å²) < 4.78 is 17.8. The number of hydrogen-bond donors (Lipinski definition) is 0. The molecule has 0 aromatic heterocycles. The third-order valence-electron chi connectivity index (χ3n) is 9.43.